The number of aromatic nitrogens is 3. The van der Waals surface area contributed by atoms with Crippen molar-refractivity contribution in [3.8, 4) is 6.07 Å². The second-order valence-electron chi connectivity index (χ2n) is 10.5. The first-order chi connectivity index (χ1) is 18.5. The molecule has 2 saturated heterocycles. The highest BCUT2D eigenvalue weighted by molar-refractivity contribution is 7.90. The molecule has 5 rings (SSSR count). The predicted octanol–water partition coefficient (Wildman–Crippen LogP) is 3.48. The van der Waals surface area contributed by atoms with E-state index in [1.54, 1.807) is 34.5 Å². The fraction of sp³-hybridized carbons (Fsp3) is 0.481. The maximum atomic E-state index is 13.9. The van der Waals surface area contributed by atoms with Crippen molar-refractivity contribution < 1.29 is 18.3 Å². The molecule has 2 aliphatic rings. The van der Waals surface area contributed by atoms with E-state index in [4.69, 9.17) is 21.7 Å². The molecule has 0 radical (unpaired) electrons. The van der Waals surface area contributed by atoms with Crippen molar-refractivity contribution in [3.05, 3.63) is 57.9 Å². The maximum Gasteiger partial charge on any atom is 0.254 e. The SMILES string of the molecule is Cc1cn2nc([C@@H]3CCCCN3C(=O)c3cc(Cl)ccc3[C@H](C)S(C)(=O)=O)cc2nc1N1CC(C#N)[C@H](O)C1. The topological polar surface area (TPSA) is 132 Å². The Morgan fingerprint density at radius 1 is 1.26 bits per heavy atom. The van der Waals surface area contributed by atoms with E-state index in [-0.39, 0.29) is 17.5 Å². The molecule has 0 saturated carbocycles. The van der Waals surface area contributed by atoms with Crippen LogP contribution in [0.3, 0.4) is 0 Å². The van der Waals surface area contributed by atoms with Crippen LogP contribution < -0.4 is 4.90 Å². The molecular weight excluding hydrogens is 540 g/mol. The van der Waals surface area contributed by atoms with E-state index in [0.717, 1.165) is 24.7 Å². The van der Waals surface area contributed by atoms with Crippen LogP contribution in [0.25, 0.3) is 5.65 Å². The highest BCUT2D eigenvalue weighted by Crippen LogP contribution is 2.35. The predicted molar refractivity (Wildman–Crippen MR) is 147 cm³/mol. The molecule has 1 unspecified atom stereocenters. The summed E-state index contributed by atoms with van der Waals surface area (Å²) >= 11 is 6.25. The number of nitrogens with zero attached hydrogens (tertiary/aromatic N) is 6. The summed E-state index contributed by atoms with van der Waals surface area (Å²) in [6.45, 7) is 4.74. The summed E-state index contributed by atoms with van der Waals surface area (Å²) in [6, 6.07) is 8.48. The van der Waals surface area contributed by atoms with Gasteiger partial charge in [0.25, 0.3) is 5.91 Å². The van der Waals surface area contributed by atoms with Crippen LogP contribution in [-0.2, 0) is 9.84 Å². The number of nitriles is 1. The van der Waals surface area contributed by atoms with Crippen LogP contribution in [-0.4, -0.2) is 70.9 Å². The average Bonchev–Trinajstić information content (AvgIpc) is 3.49. The fourth-order valence-corrected chi connectivity index (χ4v) is 6.36. The summed E-state index contributed by atoms with van der Waals surface area (Å²) in [5.74, 6) is -0.0460. The van der Waals surface area contributed by atoms with Gasteiger partial charge in [-0.25, -0.2) is 17.9 Å². The van der Waals surface area contributed by atoms with E-state index in [9.17, 15) is 23.6 Å². The summed E-state index contributed by atoms with van der Waals surface area (Å²) in [5.41, 5.74) is 2.87. The molecule has 12 heteroatoms. The number of hydrogen-bond acceptors (Lipinski definition) is 8. The van der Waals surface area contributed by atoms with Crippen LogP contribution in [0.1, 0.15) is 64.7 Å². The first-order valence-electron chi connectivity index (χ1n) is 13.0. The van der Waals surface area contributed by atoms with Crippen LogP contribution in [0.15, 0.2) is 30.5 Å². The lowest BCUT2D eigenvalue weighted by Gasteiger charge is -2.35. The van der Waals surface area contributed by atoms with Gasteiger partial charge in [0.1, 0.15) is 5.82 Å². The largest absolute Gasteiger partial charge is 0.390 e. The lowest BCUT2D eigenvalue weighted by atomic mass is 9.96. The second-order valence-corrected chi connectivity index (χ2v) is 13.3. The van der Waals surface area contributed by atoms with Gasteiger partial charge < -0.3 is 14.9 Å². The summed E-state index contributed by atoms with van der Waals surface area (Å²) in [7, 11) is -3.44. The standard InChI is InChI=1S/C27H31ClN6O4S/c1-16-13-34-25(30-26(16)32-14-18(12-29)24(35)15-32)11-22(31-34)23-6-4-5-9-33(23)27(36)21-10-19(28)7-8-20(21)17(2)39(3,37)38/h7-8,10-11,13,17-18,23-24,35H,4-6,9,14-15H2,1-3H3/t17-,18?,23-,24+/m0/s1. The molecule has 2 aliphatic heterocycles. The number of rotatable bonds is 5. The van der Waals surface area contributed by atoms with E-state index in [1.807, 2.05) is 24.1 Å². The number of aryl methyl sites for hydroxylation is 1. The number of likely N-dealkylation sites (tertiary alicyclic amines) is 1. The molecule has 2 aromatic heterocycles. The Labute approximate surface area is 232 Å². The van der Waals surface area contributed by atoms with E-state index in [0.29, 0.717) is 53.8 Å². The van der Waals surface area contributed by atoms with Crippen molar-refractivity contribution in [1.82, 2.24) is 19.5 Å². The van der Waals surface area contributed by atoms with Crippen LogP contribution in [0.5, 0.6) is 0 Å². The Morgan fingerprint density at radius 2 is 2.03 bits per heavy atom. The van der Waals surface area contributed by atoms with Crippen molar-refractivity contribution in [2.75, 3.05) is 30.8 Å². The summed E-state index contributed by atoms with van der Waals surface area (Å²) in [4.78, 5) is 22.4. The molecule has 4 atom stereocenters. The van der Waals surface area contributed by atoms with Crippen molar-refractivity contribution >= 4 is 38.8 Å². The maximum absolute atomic E-state index is 13.9. The Morgan fingerprint density at radius 3 is 2.72 bits per heavy atom. The second kappa shape index (κ2) is 10.4. The minimum atomic E-state index is -3.44. The third-order valence-corrected chi connectivity index (χ3v) is 9.58. The molecule has 3 aromatic rings. The first-order valence-corrected chi connectivity index (χ1v) is 15.3. The van der Waals surface area contributed by atoms with Gasteiger partial charge in [0.15, 0.2) is 15.5 Å². The third kappa shape index (κ3) is 5.21. The van der Waals surface area contributed by atoms with Crippen LogP contribution in [0, 0.1) is 24.2 Å². The molecule has 0 bridgehead atoms. The van der Waals surface area contributed by atoms with Crippen LogP contribution in [0.2, 0.25) is 5.02 Å². The van der Waals surface area contributed by atoms with Crippen molar-refractivity contribution in [2.45, 2.75) is 50.5 Å². The molecule has 4 heterocycles. The number of aliphatic hydroxyl groups is 1. The summed E-state index contributed by atoms with van der Waals surface area (Å²) in [6.07, 6.45) is 4.76. The number of hydrogen-bond donors (Lipinski definition) is 1. The number of carbonyl (C=O) groups excluding carboxylic acids is 1. The van der Waals surface area contributed by atoms with Crippen molar-refractivity contribution in [3.63, 3.8) is 0 Å². The third-order valence-electron chi connectivity index (χ3n) is 7.81. The van der Waals surface area contributed by atoms with Gasteiger partial charge in [0.05, 0.1) is 35.1 Å². The van der Waals surface area contributed by atoms with Gasteiger partial charge in [-0.2, -0.15) is 10.4 Å². The van der Waals surface area contributed by atoms with Gasteiger partial charge in [-0.15, -0.1) is 0 Å². The van der Waals surface area contributed by atoms with Crippen molar-refractivity contribution in [2.24, 2.45) is 5.92 Å². The zero-order valence-corrected chi connectivity index (χ0v) is 23.7. The smallest absolute Gasteiger partial charge is 0.254 e. The van der Waals surface area contributed by atoms with Gasteiger partial charge in [-0.1, -0.05) is 17.7 Å². The number of carbonyl (C=O) groups is 1. The number of piperidine rings is 1. The molecule has 1 N–H and O–H groups in total. The van der Waals surface area contributed by atoms with Gasteiger partial charge in [-0.05, 0) is 50.8 Å². The zero-order chi connectivity index (χ0) is 28.1. The number of sulfone groups is 1. The Kier molecular flexibility index (Phi) is 7.31. The molecule has 0 aliphatic carbocycles. The lowest BCUT2D eigenvalue weighted by molar-refractivity contribution is 0.0604. The van der Waals surface area contributed by atoms with E-state index in [2.05, 4.69) is 6.07 Å². The normalized spacial score (nSPS) is 22.7. The minimum absolute atomic E-state index is 0.275. The van der Waals surface area contributed by atoms with Crippen LogP contribution >= 0.6 is 11.6 Å². The van der Waals surface area contributed by atoms with Gasteiger partial charge in [-0.3, -0.25) is 4.79 Å². The monoisotopic (exact) mass is 570 g/mol. The Bertz CT molecular complexity index is 1580. The fourth-order valence-electron chi connectivity index (χ4n) is 5.52. The molecule has 1 amide bonds. The molecule has 10 nitrogen and oxygen atoms in total. The number of aliphatic hydroxyl groups excluding tert-OH is 1. The molecule has 0 spiro atoms. The number of amides is 1. The van der Waals surface area contributed by atoms with Crippen molar-refractivity contribution in [1.29, 1.82) is 5.26 Å². The van der Waals surface area contributed by atoms with E-state index >= 15 is 0 Å². The number of fused-ring (bicyclic) bond motifs is 1. The first kappa shape index (κ1) is 27.4. The Hall–Kier alpha value is -3.20. The average molecular weight is 571 g/mol. The minimum Gasteiger partial charge on any atom is -0.390 e. The molecule has 2 fully saturated rings. The Balaban J connectivity index is 1.49. The zero-order valence-electron chi connectivity index (χ0n) is 22.1. The van der Waals surface area contributed by atoms with E-state index in [1.165, 1.54) is 0 Å². The number of anilines is 1. The summed E-state index contributed by atoms with van der Waals surface area (Å²) in [5, 5.41) is 23.8. The van der Waals surface area contributed by atoms with E-state index < -0.39 is 27.1 Å². The van der Waals surface area contributed by atoms with Gasteiger partial charge in [0.2, 0.25) is 0 Å². The highest BCUT2D eigenvalue weighted by atomic mass is 35.5. The molecule has 206 valence electrons. The number of benzene rings is 1. The number of halogens is 1. The van der Waals surface area contributed by atoms with Gasteiger partial charge in [0, 0.05) is 54.3 Å². The molecular formula is C27H31ClN6O4S. The lowest BCUT2D eigenvalue weighted by Crippen LogP contribution is -2.39. The van der Waals surface area contributed by atoms with Crippen LogP contribution in [0.4, 0.5) is 5.82 Å². The molecule has 39 heavy (non-hydrogen) atoms. The van der Waals surface area contributed by atoms with Gasteiger partial charge >= 0.3 is 0 Å². The highest BCUT2D eigenvalue weighted by Gasteiger charge is 2.35. The quantitative estimate of drug-likeness (QED) is 0.493. The number of β-amino-alcohol motifs (C(OH)–C–C–N with tert-alkyl or cyclic N) is 1. The summed E-state index contributed by atoms with van der Waals surface area (Å²) < 4.78 is 26.4. The molecule has 1 aromatic carbocycles.